The molecule has 1 atom stereocenters. The summed E-state index contributed by atoms with van der Waals surface area (Å²) >= 11 is 0. The van der Waals surface area contributed by atoms with Gasteiger partial charge in [0, 0.05) is 17.4 Å². The number of carbonyl (C=O) groups is 1. The molecule has 1 N–H and O–H groups in total. The molecule has 0 saturated heterocycles. The molecular weight excluding hydrogens is 308 g/mol. The first-order chi connectivity index (χ1) is 12.0. The lowest BCUT2D eigenvalue weighted by atomic mass is 10.0. The summed E-state index contributed by atoms with van der Waals surface area (Å²) in [6.07, 6.45) is 3.00. The van der Waals surface area contributed by atoms with E-state index in [0.29, 0.717) is 5.92 Å². The number of anilines is 1. The first-order valence-corrected chi connectivity index (χ1v) is 9.00. The van der Waals surface area contributed by atoms with E-state index in [-0.39, 0.29) is 11.9 Å². The van der Waals surface area contributed by atoms with Gasteiger partial charge in [0.25, 0.3) is 0 Å². The highest BCUT2D eigenvalue weighted by Gasteiger charge is 2.17. The van der Waals surface area contributed by atoms with Gasteiger partial charge in [-0.1, -0.05) is 39.0 Å². The van der Waals surface area contributed by atoms with Crippen molar-refractivity contribution in [3.05, 3.63) is 65.9 Å². The zero-order valence-electron chi connectivity index (χ0n) is 15.4. The number of nitrogens with zero attached hydrogens (tertiary/aromatic N) is 1. The third kappa shape index (κ3) is 3.60. The summed E-state index contributed by atoms with van der Waals surface area (Å²) < 4.78 is 2.04. The van der Waals surface area contributed by atoms with Crippen LogP contribution in [0.4, 0.5) is 5.69 Å². The van der Waals surface area contributed by atoms with Gasteiger partial charge >= 0.3 is 0 Å². The number of aryl methyl sites for hydroxylation is 1. The van der Waals surface area contributed by atoms with Gasteiger partial charge in [-0.15, -0.1) is 0 Å². The van der Waals surface area contributed by atoms with Crippen molar-refractivity contribution in [3.8, 4) is 0 Å². The zero-order valence-corrected chi connectivity index (χ0v) is 15.4. The monoisotopic (exact) mass is 334 g/mol. The Hall–Kier alpha value is -2.55. The van der Waals surface area contributed by atoms with Gasteiger partial charge in [0.05, 0.1) is 0 Å². The average Bonchev–Trinajstić information content (AvgIpc) is 3.04. The van der Waals surface area contributed by atoms with E-state index in [0.717, 1.165) is 17.6 Å². The number of carbonyl (C=O) groups excluding carboxylic acids is 1. The van der Waals surface area contributed by atoms with Crippen molar-refractivity contribution < 1.29 is 4.79 Å². The summed E-state index contributed by atoms with van der Waals surface area (Å²) in [6, 6.07) is 16.3. The molecule has 2 aromatic carbocycles. The molecule has 0 radical (unpaired) electrons. The molecule has 0 fully saturated rings. The second-order valence-corrected chi connectivity index (χ2v) is 6.91. The molecule has 3 nitrogen and oxygen atoms in total. The molecule has 0 aliphatic carbocycles. The summed E-state index contributed by atoms with van der Waals surface area (Å²) in [5.41, 5.74) is 4.52. The fourth-order valence-electron chi connectivity index (χ4n) is 3.08. The van der Waals surface area contributed by atoms with E-state index >= 15 is 0 Å². The third-order valence-electron chi connectivity index (χ3n) is 4.84. The fraction of sp³-hybridized carbons (Fsp3) is 0.318. The Kier molecular flexibility index (Phi) is 4.93. The minimum Gasteiger partial charge on any atom is -0.335 e. The van der Waals surface area contributed by atoms with Crippen LogP contribution in [0, 0.1) is 0 Å². The Morgan fingerprint density at radius 3 is 2.40 bits per heavy atom. The van der Waals surface area contributed by atoms with Crippen LogP contribution in [0.25, 0.3) is 10.9 Å². The highest BCUT2D eigenvalue weighted by Crippen LogP contribution is 2.25. The van der Waals surface area contributed by atoms with Crippen LogP contribution in [-0.2, 0) is 11.2 Å². The molecule has 25 heavy (non-hydrogen) atoms. The van der Waals surface area contributed by atoms with Crippen molar-refractivity contribution in [2.45, 2.75) is 46.1 Å². The van der Waals surface area contributed by atoms with Crippen LogP contribution < -0.4 is 5.32 Å². The largest absolute Gasteiger partial charge is 0.335 e. The predicted molar refractivity (Wildman–Crippen MR) is 105 cm³/mol. The van der Waals surface area contributed by atoms with E-state index < -0.39 is 0 Å². The number of fused-ring (bicyclic) bond motifs is 1. The van der Waals surface area contributed by atoms with Crippen molar-refractivity contribution in [1.82, 2.24) is 4.57 Å². The van der Waals surface area contributed by atoms with Gasteiger partial charge in [-0.05, 0) is 66.1 Å². The standard InChI is InChI=1S/C22H26N2O/c1-5-17-6-9-20(10-7-17)23-22(25)16(4)24-13-12-19-14-18(15(2)3)8-11-21(19)24/h6-16H,5H2,1-4H3,(H,23,25). The molecule has 0 aliphatic heterocycles. The Labute approximate surface area is 149 Å². The fourth-order valence-corrected chi connectivity index (χ4v) is 3.08. The van der Waals surface area contributed by atoms with Gasteiger partial charge in [-0.2, -0.15) is 0 Å². The lowest BCUT2D eigenvalue weighted by Crippen LogP contribution is -2.23. The van der Waals surface area contributed by atoms with E-state index in [4.69, 9.17) is 0 Å². The number of aromatic nitrogens is 1. The zero-order chi connectivity index (χ0) is 18.0. The SMILES string of the molecule is CCc1ccc(NC(=O)C(C)n2ccc3cc(C(C)C)ccc32)cc1. The van der Waals surface area contributed by atoms with Gasteiger partial charge in [0.1, 0.15) is 6.04 Å². The van der Waals surface area contributed by atoms with Crippen molar-refractivity contribution >= 4 is 22.5 Å². The minimum atomic E-state index is -0.270. The van der Waals surface area contributed by atoms with E-state index in [1.54, 1.807) is 0 Å². The molecule has 1 aromatic heterocycles. The van der Waals surface area contributed by atoms with Crippen LogP contribution >= 0.6 is 0 Å². The van der Waals surface area contributed by atoms with Crippen molar-refractivity contribution in [1.29, 1.82) is 0 Å². The van der Waals surface area contributed by atoms with Crippen LogP contribution in [0.1, 0.15) is 50.8 Å². The topological polar surface area (TPSA) is 34.0 Å². The smallest absolute Gasteiger partial charge is 0.247 e. The van der Waals surface area contributed by atoms with Gasteiger partial charge in [-0.3, -0.25) is 4.79 Å². The number of benzene rings is 2. The number of amides is 1. The number of rotatable bonds is 5. The first kappa shape index (κ1) is 17.3. The first-order valence-electron chi connectivity index (χ1n) is 9.00. The predicted octanol–water partition coefficient (Wildman–Crippen LogP) is 5.53. The van der Waals surface area contributed by atoms with Gasteiger partial charge in [-0.25, -0.2) is 0 Å². The van der Waals surface area contributed by atoms with Crippen LogP contribution in [0.5, 0.6) is 0 Å². The Bertz CT molecular complexity index is 875. The Morgan fingerprint density at radius 1 is 1.04 bits per heavy atom. The molecule has 1 unspecified atom stereocenters. The molecule has 130 valence electrons. The number of hydrogen-bond donors (Lipinski definition) is 1. The lowest BCUT2D eigenvalue weighted by Gasteiger charge is -2.16. The molecule has 1 heterocycles. The maximum Gasteiger partial charge on any atom is 0.247 e. The summed E-state index contributed by atoms with van der Waals surface area (Å²) in [5, 5.41) is 4.19. The molecule has 3 rings (SSSR count). The molecule has 0 aliphatic rings. The molecule has 3 heteroatoms. The number of hydrogen-bond acceptors (Lipinski definition) is 1. The van der Waals surface area contributed by atoms with Crippen LogP contribution in [0.3, 0.4) is 0 Å². The molecule has 3 aromatic rings. The summed E-state index contributed by atoms with van der Waals surface area (Å²) in [5.74, 6) is 0.495. The minimum absolute atomic E-state index is 0.00492. The van der Waals surface area contributed by atoms with E-state index in [2.05, 4.69) is 62.5 Å². The molecule has 0 saturated carbocycles. The van der Waals surface area contributed by atoms with E-state index in [1.165, 1.54) is 16.5 Å². The third-order valence-corrected chi connectivity index (χ3v) is 4.84. The van der Waals surface area contributed by atoms with E-state index in [1.807, 2.05) is 29.8 Å². The quantitative estimate of drug-likeness (QED) is 0.654. The second kappa shape index (κ2) is 7.14. The number of nitrogens with one attached hydrogen (secondary N) is 1. The van der Waals surface area contributed by atoms with E-state index in [9.17, 15) is 4.79 Å². The average molecular weight is 334 g/mol. The van der Waals surface area contributed by atoms with Gasteiger partial charge < -0.3 is 9.88 Å². The summed E-state index contributed by atoms with van der Waals surface area (Å²) in [4.78, 5) is 12.7. The van der Waals surface area contributed by atoms with Crippen molar-refractivity contribution in [2.24, 2.45) is 0 Å². The van der Waals surface area contributed by atoms with Crippen LogP contribution in [0.15, 0.2) is 54.7 Å². The highest BCUT2D eigenvalue weighted by atomic mass is 16.2. The second-order valence-electron chi connectivity index (χ2n) is 6.91. The molecular formula is C22H26N2O. The molecule has 0 bridgehead atoms. The highest BCUT2D eigenvalue weighted by molar-refractivity contribution is 5.95. The maximum absolute atomic E-state index is 12.7. The van der Waals surface area contributed by atoms with Gasteiger partial charge in [0.2, 0.25) is 5.91 Å². The normalized spacial score (nSPS) is 12.5. The van der Waals surface area contributed by atoms with Crippen molar-refractivity contribution in [3.63, 3.8) is 0 Å². The van der Waals surface area contributed by atoms with Crippen LogP contribution in [0.2, 0.25) is 0 Å². The van der Waals surface area contributed by atoms with Crippen LogP contribution in [-0.4, -0.2) is 10.5 Å². The lowest BCUT2D eigenvalue weighted by molar-refractivity contribution is -0.118. The van der Waals surface area contributed by atoms with Gasteiger partial charge in [0.15, 0.2) is 0 Å². The summed E-state index contributed by atoms with van der Waals surface area (Å²) in [7, 11) is 0. The molecule has 1 amide bonds. The molecule has 0 spiro atoms. The Morgan fingerprint density at radius 2 is 1.76 bits per heavy atom. The van der Waals surface area contributed by atoms with Crippen molar-refractivity contribution in [2.75, 3.05) is 5.32 Å². The summed E-state index contributed by atoms with van der Waals surface area (Å²) in [6.45, 7) is 8.44. The Balaban J connectivity index is 1.80. The maximum atomic E-state index is 12.7.